The summed E-state index contributed by atoms with van der Waals surface area (Å²) < 4.78 is 25.6. The number of hydrogen-bond acceptors (Lipinski definition) is 8. The predicted octanol–water partition coefficient (Wildman–Crippen LogP) is 5.74. The Labute approximate surface area is 227 Å². The number of nitrogens with one attached hydrogen (secondary N) is 1. The number of rotatable bonds is 11. The molecule has 4 rings (SSSR count). The summed E-state index contributed by atoms with van der Waals surface area (Å²) in [7, 11) is 1.31. The molecule has 2 aromatic heterocycles. The minimum Gasteiger partial charge on any atom is -0.486 e. The van der Waals surface area contributed by atoms with Crippen molar-refractivity contribution >= 4 is 40.0 Å². The van der Waals surface area contributed by atoms with Gasteiger partial charge in [-0.25, -0.2) is 9.18 Å². The Balaban J connectivity index is 1.44. The van der Waals surface area contributed by atoms with E-state index < -0.39 is 5.97 Å². The fourth-order valence-electron chi connectivity index (χ4n) is 3.52. The van der Waals surface area contributed by atoms with Crippen molar-refractivity contribution in [3.63, 3.8) is 0 Å². The molecule has 0 fully saturated rings. The van der Waals surface area contributed by atoms with Crippen molar-refractivity contribution < 1.29 is 23.5 Å². The molecule has 0 aliphatic heterocycles. The molecule has 196 valence electrons. The number of hydrogen-bond donors (Lipinski definition) is 1. The maximum absolute atomic E-state index is 13.1. The van der Waals surface area contributed by atoms with Crippen LogP contribution < -0.4 is 10.1 Å². The first kappa shape index (κ1) is 27.1. The number of nitrogens with zero attached hydrogens (tertiary/aromatic N) is 3. The van der Waals surface area contributed by atoms with E-state index >= 15 is 0 Å². The SMILES string of the molecule is C=CCn1c(COc2ccc(F)cc2)nnc1SCC(=O)Nc1scc(-c2ccc(C)cc2)c1C(=O)OC. The number of allylic oxidation sites excluding steroid dienone is 1. The molecule has 0 bridgehead atoms. The number of benzene rings is 2. The molecule has 8 nitrogen and oxygen atoms in total. The van der Waals surface area contributed by atoms with E-state index in [1.54, 1.807) is 10.6 Å². The number of methoxy groups -OCH3 is 1. The Morgan fingerprint density at radius 2 is 1.89 bits per heavy atom. The summed E-state index contributed by atoms with van der Waals surface area (Å²) in [6, 6.07) is 13.5. The van der Waals surface area contributed by atoms with Crippen LogP contribution in [-0.2, 0) is 22.7 Å². The normalized spacial score (nSPS) is 10.7. The Morgan fingerprint density at radius 1 is 1.16 bits per heavy atom. The molecule has 1 N–H and O–H groups in total. The first-order valence-electron chi connectivity index (χ1n) is 11.5. The second kappa shape index (κ2) is 12.5. The fourth-order valence-corrected chi connectivity index (χ4v) is 5.26. The van der Waals surface area contributed by atoms with Gasteiger partial charge in [-0.2, -0.15) is 0 Å². The smallest absolute Gasteiger partial charge is 0.341 e. The van der Waals surface area contributed by atoms with E-state index in [-0.39, 0.29) is 24.1 Å². The summed E-state index contributed by atoms with van der Waals surface area (Å²) in [5.74, 6) is -0.124. The van der Waals surface area contributed by atoms with Crippen molar-refractivity contribution in [3.8, 4) is 16.9 Å². The van der Waals surface area contributed by atoms with Gasteiger partial charge in [-0.1, -0.05) is 47.7 Å². The van der Waals surface area contributed by atoms with Gasteiger partial charge < -0.3 is 14.8 Å². The zero-order valence-corrected chi connectivity index (χ0v) is 22.4. The number of ether oxygens (including phenoxy) is 2. The number of esters is 1. The number of aromatic nitrogens is 3. The Morgan fingerprint density at radius 3 is 2.58 bits per heavy atom. The van der Waals surface area contributed by atoms with Crippen molar-refractivity contribution in [2.24, 2.45) is 0 Å². The monoisotopic (exact) mass is 552 g/mol. The van der Waals surface area contributed by atoms with Gasteiger partial charge in [0, 0.05) is 17.5 Å². The van der Waals surface area contributed by atoms with E-state index in [4.69, 9.17) is 9.47 Å². The summed E-state index contributed by atoms with van der Waals surface area (Å²) >= 11 is 2.46. The van der Waals surface area contributed by atoms with Gasteiger partial charge in [-0.05, 0) is 36.8 Å². The molecular weight excluding hydrogens is 527 g/mol. The maximum Gasteiger partial charge on any atom is 0.341 e. The van der Waals surface area contributed by atoms with Gasteiger partial charge in [0.1, 0.15) is 28.7 Å². The Kier molecular flexibility index (Phi) is 8.93. The minimum absolute atomic E-state index is 0.0342. The van der Waals surface area contributed by atoms with Crippen LogP contribution in [0.5, 0.6) is 5.75 Å². The molecule has 1 amide bonds. The first-order valence-corrected chi connectivity index (χ1v) is 13.4. The highest BCUT2D eigenvalue weighted by Gasteiger charge is 2.23. The van der Waals surface area contributed by atoms with Gasteiger partial charge in [0.2, 0.25) is 5.91 Å². The molecule has 0 saturated heterocycles. The molecule has 38 heavy (non-hydrogen) atoms. The van der Waals surface area contributed by atoms with Crippen molar-refractivity contribution in [2.45, 2.75) is 25.2 Å². The number of anilines is 1. The minimum atomic E-state index is -0.527. The topological polar surface area (TPSA) is 95.3 Å². The lowest BCUT2D eigenvalue weighted by molar-refractivity contribution is -0.113. The number of aryl methyl sites for hydroxylation is 1. The van der Waals surface area contributed by atoms with Gasteiger partial charge in [-0.15, -0.1) is 28.1 Å². The number of amides is 1. The van der Waals surface area contributed by atoms with Crippen molar-refractivity contribution in [1.82, 2.24) is 14.8 Å². The lowest BCUT2D eigenvalue weighted by Gasteiger charge is -2.10. The highest BCUT2D eigenvalue weighted by Crippen LogP contribution is 2.36. The number of carbonyl (C=O) groups excluding carboxylic acids is 2. The van der Waals surface area contributed by atoms with E-state index in [1.807, 2.05) is 36.6 Å². The van der Waals surface area contributed by atoms with E-state index in [9.17, 15) is 14.0 Å². The summed E-state index contributed by atoms with van der Waals surface area (Å²) in [5, 5.41) is 13.9. The van der Waals surface area contributed by atoms with Crippen molar-refractivity contribution in [2.75, 3.05) is 18.2 Å². The summed E-state index contributed by atoms with van der Waals surface area (Å²) in [6.07, 6.45) is 1.69. The highest BCUT2D eigenvalue weighted by molar-refractivity contribution is 7.99. The molecule has 11 heteroatoms. The third-order valence-electron chi connectivity index (χ3n) is 5.42. The van der Waals surface area contributed by atoms with Crippen LogP contribution in [-0.4, -0.2) is 39.5 Å². The molecule has 2 heterocycles. The molecular formula is C27H25FN4O4S2. The number of thioether (sulfide) groups is 1. The van der Waals surface area contributed by atoms with Crippen LogP contribution in [0.25, 0.3) is 11.1 Å². The molecule has 2 aromatic carbocycles. The molecule has 4 aromatic rings. The average Bonchev–Trinajstić information content (AvgIpc) is 3.51. The Hall–Kier alpha value is -3.96. The third-order valence-corrected chi connectivity index (χ3v) is 7.28. The maximum atomic E-state index is 13.1. The molecule has 0 aliphatic carbocycles. The van der Waals surface area contributed by atoms with Gasteiger partial charge in [0.25, 0.3) is 0 Å². The van der Waals surface area contributed by atoms with Crippen LogP contribution in [0.1, 0.15) is 21.7 Å². The molecule has 0 aliphatic rings. The number of carbonyl (C=O) groups is 2. The van der Waals surface area contributed by atoms with Crippen molar-refractivity contribution in [3.05, 3.63) is 89.3 Å². The largest absolute Gasteiger partial charge is 0.486 e. The Bertz CT molecular complexity index is 1430. The second-order valence-electron chi connectivity index (χ2n) is 8.09. The van der Waals surface area contributed by atoms with Crippen molar-refractivity contribution in [1.29, 1.82) is 0 Å². The quantitative estimate of drug-likeness (QED) is 0.144. The van der Waals surface area contributed by atoms with E-state index in [1.165, 1.54) is 54.5 Å². The van der Waals surface area contributed by atoms with Crippen LogP contribution in [0.3, 0.4) is 0 Å². The average molecular weight is 553 g/mol. The second-order valence-corrected chi connectivity index (χ2v) is 9.91. The van der Waals surface area contributed by atoms with E-state index in [2.05, 4.69) is 22.1 Å². The number of halogens is 1. The van der Waals surface area contributed by atoms with Crippen LogP contribution in [0.15, 0.2) is 71.7 Å². The van der Waals surface area contributed by atoms with E-state index in [0.29, 0.717) is 39.4 Å². The zero-order chi connectivity index (χ0) is 27.1. The van der Waals surface area contributed by atoms with Gasteiger partial charge in [0.15, 0.2) is 11.0 Å². The molecule has 0 unspecified atom stereocenters. The van der Waals surface area contributed by atoms with Gasteiger partial charge in [0.05, 0.1) is 12.9 Å². The lowest BCUT2D eigenvalue weighted by Crippen LogP contribution is -2.16. The molecule has 0 radical (unpaired) electrons. The lowest BCUT2D eigenvalue weighted by atomic mass is 10.0. The standard InChI is InChI=1S/C27H25FN4O4S2/c1-4-13-32-22(14-36-20-11-9-19(28)10-12-20)30-31-27(32)38-16-23(33)29-25-24(26(34)35-3)21(15-37-25)18-7-5-17(2)6-8-18/h4-12,15H,1,13-14,16H2,2-3H3,(H,29,33). The number of thiophene rings is 1. The van der Waals surface area contributed by atoms with E-state index in [0.717, 1.165) is 11.1 Å². The first-order chi connectivity index (χ1) is 18.4. The summed E-state index contributed by atoms with van der Waals surface area (Å²) in [5.41, 5.74) is 2.97. The summed E-state index contributed by atoms with van der Waals surface area (Å²) in [4.78, 5) is 25.4. The fraction of sp³-hybridized carbons (Fsp3) is 0.185. The molecule has 0 atom stereocenters. The van der Waals surface area contributed by atoms with Gasteiger partial charge >= 0.3 is 5.97 Å². The predicted molar refractivity (Wildman–Crippen MR) is 146 cm³/mol. The summed E-state index contributed by atoms with van der Waals surface area (Å²) in [6.45, 7) is 6.28. The third kappa shape index (κ3) is 6.48. The molecule has 0 spiro atoms. The highest BCUT2D eigenvalue weighted by atomic mass is 32.2. The molecule has 0 saturated carbocycles. The van der Waals surface area contributed by atoms with Gasteiger partial charge in [-0.3, -0.25) is 9.36 Å². The van der Waals surface area contributed by atoms with Crippen LogP contribution >= 0.6 is 23.1 Å². The van der Waals surface area contributed by atoms with Crippen LogP contribution in [0.2, 0.25) is 0 Å². The zero-order valence-electron chi connectivity index (χ0n) is 20.8. The van der Waals surface area contributed by atoms with Crippen LogP contribution in [0.4, 0.5) is 9.39 Å². The van der Waals surface area contributed by atoms with Crippen LogP contribution in [0, 0.1) is 12.7 Å².